The molecular formula is C20H37ClN4O2. The van der Waals surface area contributed by atoms with Crippen LogP contribution in [0, 0.1) is 23.7 Å². The van der Waals surface area contributed by atoms with Gasteiger partial charge in [-0.1, -0.05) is 20.3 Å². The Morgan fingerprint density at radius 1 is 1.11 bits per heavy atom. The summed E-state index contributed by atoms with van der Waals surface area (Å²) in [6.45, 7) is 6.13. The smallest absolute Gasteiger partial charge is 0.317 e. The normalized spacial score (nSPS) is 33.2. The SMILES string of the molecule is CC(C)CNC(=O)N1CCCC(C(=O)NC2C3CCCC2CC(N)C3)C1.Cl. The summed E-state index contributed by atoms with van der Waals surface area (Å²) in [5.41, 5.74) is 6.20. The molecule has 2 saturated carbocycles. The summed E-state index contributed by atoms with van der Waals surface area (Å²) in [5, 5.41) is 6.34. The highest BCUT2D eigenvalue weighted by molar-refractivity contribution is 5.85. The van der Waals surface area contributed by atoms with Crippen molar-refractivity contribution in [3.8, 4) is 0 Å². The molecule has 1 heterocycles. The van der Waals surface area contributed by atoms with Gasteiger partial charge >= 0.3 is 6.03 Å². The number of piperidine rings is 1. The predicted octanol–water partition coefficient (Wildman–Crippen LogP) is 2.51. The van der Waals surface area contributed by atoms with Gasteiger partial charge in [-0.2, -0.15) is 0 Å². The van der Waals surface area contributed by atoms with E-state index >= 15 is 0 Å². The lowest BCUT2D eigenvalue weighted by Gasteiger charge is -2.46. The molecule has 27 heavy (non-hydrogen) atoms. The Balaban J connectivity index is 0.00000261. The minimum absolute atomic E-state index is 0. The second kappa shape index (κ2) is 9.97. The number of carbonyl (C=O) groups is 2. The van der Waals surface area contributed by atoms with Gasteiger partial charge < -0.3 is 21.3 Å². The highest BCUT2D eigenvalue weighted by Crippen LogP contribution is 2.39. The molecule has 1 aliphatic heterocycles. The van der Waals surface area contributed by atoms with Crippen LogP contribution in [-0.4, -0.2) is 48.6 Å². The number of carbonyl (C=O) groups excluding carboxylic acids is 2. The van der Waals surface area contributed by atoms with Crippen LogP contribution in [0.2, 0.25) is 0 Å². The van der Waals surface area contributed by atoms with E-state index < -0.39 is 0 Å². The molecule has 3 fully saturated rings. The van der Waals surface area contributed by atoms with Crippen LogP contribution < -0.4 is 16.4 Å². The number of fused-ring (bicyclic) bond motifs is 2. The third-order valence-electron chi connectivity index (χ3n) is 6.43. The van der Waals surface area contributed by atoms with Crippen LogP contribution in [0.1, 0.15) is 58.8 Å². The van der Waals surface area contributed by atoms with Crippen molar-refractivity contribution in [3.05, 3.63) is 0 Å². The van der Waals surface area contributed by atoms with E-state index in [0.29, 0.717) is 42.9 Å². The molecule has 0 spiro atoms. The van der Waals surface area contributed by atoms with Gasteiger partial charge in [0.05, 0.1) is 5.92 Å². The number of amides is 3. The zero-order valence-corrected chi connectivity index (χ0v) is 17.6. The van der Waals surface area contributed by atoms with Crippen molar-refractivity contribution in [2.75, 3.05) is 19.6 Å². The maximum absolute atomic E-state index is 12.9. The molecule has 3 atom stereocenters. The highest BCUT2D eigenvalue weighted by atomic mass is 35.5. The van der Waals surface area contributed by atoms with E-state index in [9.17, 15) is 9.59 Å². The molecule has 4 N–H and O–H groups in total. The second-order valence-corrected chi connectivity index (χ2v) is 9.08. The summed E-state index contributed by atoms with van der Waals surface area (Å²) >= 11 is 0. The van der Waals surface area contributed by atoms with Gasteiger partial charge in [-0.3, -0.25) is 4.79 Å². The minimum Gasteiger partial charge on any atom is -0.353 e. The molecule has 2 aliphatic carbocycles. The lowest BCUT2D eigenvalue weighted by Crippen LogP contribution is -2.56. The first-order valence-corrected chi connectivity index (χ1v) is 10.5. The maximum atomic E-state index is 12.9. The summed E-state index contributed by atoms with van der Waals surface area (Å²) in [7, 11) is 0. The fourth-order valence-electron chi connectivity index (χ4n) is 5.09. The standard InChI is InChI=1S/C20H36N4O2.ClH/c1-13(2)11-22-20(26)24-8-4-7-16(12-24)19(25)23-18-14-5-3-6-15(18)10-17(21)9-14;/h13-18H,3-12,21H2,1-2H3,(H,22,26)(H,23,25);1H. The molecule has 3 aliphatic rings. The Morgan fingerprint density at radius 3 is 2.41 bits per heavy atom. The van der Waals surface area contributed by atoms with Gasteiger partial charge in [0.25, 0.3) is 0 Å². The number of hydrogen-bond acceptors (Lipinski definition) is 3. The minimum atomic E-state index is -0.0788. The molecule has 0 aromatic heterocycles. The summed E-state index contributed by atoms with van der Waals surface area (Å²) in [5.74, 6) is 1.57. The van der Waals surface area contributed by atoms with E-state index in [1.807, 2.05) is 4.90 Å². The van der Waals surface area contributed by atoms with Gasteiger partial charge in [0.1, 0.15) is 0 Å². The van der Waals surface area contributed by atoms with Crippen LogP contribution >= 0.6 is 12.4 Å². The number of nitrogens with zero attached hydrogens (tertiary/aromatic N) is 1. The van der Waals surface area contributed by atoms with E-state index in [1.165, 1.54) is 19.3 Å². The third-order valence-corrected chi connectivity index (χ3v) is 6.43. The lowest BCUT2D eigenvalue weighted by molar-refractivity contribution is -0.128. The van der Waals surface area contributed by atoms with Crippen molar-refractivity contribution in [2.24, 2.45) is 29.4 Å². The third kappa shape index (κ3) is 5.74. The molecule has 2 bridgehead atoms. The highest BCUT2D eigenvalue weighted by Gasteiger charge is 2.41. The van der Waals surface area contributed by atoms with Gasteiger partial charge in [-0.15, -0.1) is 12.4 Å². The summed E-state index contributed by atoms with van der Waals surface area (Å²) < 4.78 is 0. The van der Waals surface area contributed by atoms with E-state index in [4.69, 9.17) is 5.73 Å². The average molecular weight is 401 g/mol. The number of nitrogens with two attached hydrogens (primary N) is 1. The van der Waals surface area contributed by atoms with Gasteiger partial charge in [-0.05, 0) is 56.3 Å². The zero-order chi connectivity index (χ0) is 18.7. The van der Waals surface area contributed by atoms with E-state index in [2.05, 4.69) is 24.5 Å². The molecular weight excluding hydrogens is 364 g/mol. The summed E-state index contributed by atoms with van der Waals surface area (Å²) in [4.78, 5) is 27.1. The Bertz CT molecular complexity index is 502. The van der Waals surface area contributed by atoms with Crippen LogP contribution in [0.25, 0.3) is 0 Å². The van der Waals surface area contributed by atoms with Crippen LogP contribution in [0.3, 0.4) is 0 Å². The first kappa shape index (κ1) is 22.3. The van der Waals surface area contributed by atoms with Gasteiger partial charge in [0.15, 0.2) is 0 Å². The number of likely N-dealkylation sites (tertiary alicyclic amines) is 1. The lowest BCUT2D eigenvalue weighted by atomic mass is 9.67. The topological polar surface area (TPSA) is 87.5 Å². The van der Waals surface area contributed by atoms with Crippen molar-refractivity contribution >= 4 is 24.3 Å². The van der Waals surface area contributed by atoms with E-state index in [1.54, 1.807) is 0 Å². The molecule has 7 heteroatoms. The molecule has 0 aromatic rings. The second-order valence-electron chi connectivity index (χ2n) is 9.08. The van der Waals surface area contributed by atoms with Crippen LogP contribution in [-0.2, 0) is 4.79 Å². The Morgan fingerprint density at radius 2 is 1.78 bits per heavy atom. The van der Waals surface area contributed by atoms with Crippen molar-refractivity contribution in [3.63, 3.8) is 0 Å². The number of nitrogens with one attached hydrogen (secondary N) is 2. The van der Waals surface area contributed by atoms with Crippen molar-refractivity contribution in [1.29, 1.82) is 0 Å². The number of halogens is 1. The first-order valence-electron chi connectivity index (χ1n) is 10.5. The van der Waals surface area contributed by atoms with Crippen LogP contribution in [0.4, 0.5) is 4.79 Å². The van der Waals surface area contributed by atoms with Gasteiger partial charge in [0, 0.05) is 31.7 Å². The molecule has 0 radical (unpaired) electrons. The predicted molar refractivity (Wildman–Crippen MR) is 110 cm³/mol. The monoisotopic (exact) mass is 400 g/mol. The fourth-order valence-corrected chi connectivity index (χ4v) is 5.09. The van der Waals surface area contributed by atoms with Crippen molar-refractivity contribution in [1.82, 2.24) is 15.5 Å². The number of urea groups is 1. The van der Waals surface area contributed by atoms with Gasteiger partial charge in [-0.25, -0.2) is 4.79 Å². The summed E-state index contributed by atoms with van der Waals surface area (Å²) in [6.07, 6.45) is 7.48. The quantitative estimate of drug-likeness (QED) is 0.677. The number of rotatable bonds is 4. The molecule has 3 rings (SSSR count). The summed E-state index contributed by atoms with van der Waals surface area (Å²) in [6, 6.07) is 0.561. The Labute approximate surface area is 169 Å². The van der Waals surface area contributed by atoms with E-state index in [0.717, 1.165) is 32.2 Å². The van der Waals surface area contributed by atoms with Crippen LogP contribution in [0.5, 0.6) is 0 Å². The molecule has 3 amide bonds. The molecule has 3 unspecified atom stereocenters. The fraction of sp³-hybridized carbons (Fsp3) is 0.900. The molecule has 1 saturated heterocycles. The molecule has 0 aromatic carbocycles. The molecule has 6 nitrogen and oxygen atoms in total. The Hall–Kier alpha value is -1.01. The van der Waals surface area contributed by atoms with Crippen LogP contribution in [0.15, 0.2) is 0 Å². The largest absolute Gasteiger partial charge is 0.353 e. The first-order chi connectivity index (χ1) is 12.4. The molecule has 156 valence electrons. The van der Waals surface area contributed by atoms with Crippen molar-refractivity contribution in [2.45, 2.75) is 70.9 Å². The van der Waals surface area contributed by atoms with Gasteiger partial charge in [0.2, 0.25) is 5.91 Å². The van der Waals surface area contributed by atoms with Crippen molar-refractivity contribution < 1.29 is 9.59 Å². The Kier molecular flexibility index (Phi) is 8.22. The zero-order valence-electron chi connectivity index (χ0n) is 16.8. The maximum Gasteiger partial charge on any atom is 0.317 e. The van der Waals surface area contributed by atoms with E-state index in [-0.39, 0.29) is 30.3 Å². The number of hydrogen-bond donors (Lipinski definition) is 3. The average Bonchev–Trinajstić information content (AvgIpc) is 2.60.